The van der Waals surface area contributed by atoms with Gasteiger partial charge in [-0.1, -0.05) is 40.6 Å². The first kappa shape index (κ1) is 26.3. The van der Waals surface area contributed by atoms with Crippen LogP contribution < -0.4 is 4.90 Å². The van der Waals surface area contributed by atoms with Gasteiger partial charge in [0.2, 0.25) is 5.91 Å². The molecule has 0 atom stereocenters. The number of rotatable bonds is 10. The van der Waals surface area contributed by atoms with E-state index < -0.39 is 9.84 Å². The van der Waals surface area contributed by atoms with Crippen LogP contribution in [0.15, 0.2) is 47.4 Å². The highest BCUT2D eigenvalue weighted by molar-refractivity contribution is 7.91. The molecule has 1 aromatic heterocycles. The number of thiazole rings is 1. The lowest BCUT2D eigenvalue weighted by Gasteiger charge is -2.27. The summed E-state index contributed by atoms with van der Waals surface area (Å²) < 4.78 is 31.6. The van der Waals surface area contributed by atoms with Gasteiger partial charge >= 0.3 is 0 Å². The van der Waals surface area contributed by atoms with Crippen LogP contribution in [0.25, 0.3) is 10.2 Å². The Bertz CT molecular complexity index is 1260. The molecule has 0 saturated carbocycles. The number of morpholine rings is 1. The molecule has 188 valence electrons. The molecule has 11 heteroatoms. The molecule has 1 saturated heterocycles. The van der Waals surface area contributed by atoms with Crippen LogP contribution >= 0.6 is 34.5 Å². The Morgan fingerprint density at radius 1 is 1.09 bits per heavy atom. The number of hydrogen-bond acceptors (Lipinski definition) is 7. The van der Waals surface area contributed by atoms with Gasteiger partial charge < -0.3 is 4.74 Å². The van der Waals surface area contributed by atoms with Crippen LogP contribution in [0.3, 0.4) is 0 Å². The second-order valence-electron chi connectivity index (χ2n) is 8.31. The number of anilines is 1. The lowest BCUT2D eigenvalue weighted by Crippen LogP contribution is -2.39. The van der Waals surface area contributed by atoms with Crippen molar-refractivity contribution in [2.75, 3.05) is 50.0 Å². The standard InChI is InChI=1S/C24H27Cl2N3O4S2/c25-18-7-9-19(10-8-18)35(31,32)17-2-6-22(30)29(12-3-11-28-13-15-33-16-14-28)24-27-23-20(26)4-1-5-21(23)34-24/h1,4-5,7-10H,2-3,6,11-17H2. The van der Waals surface area contributed by atoms with E-state index in [1.807, 2.05) is 12.1 Å². The van der Waals surface area contributed by atoms with Crippen LogP contribution in [0.1, 0.15) is 19.3 Å². The number of fused-ring (bicyclic) bond motifs is 1. The Labute approximate surface area is 219 Å². The van der Waals surface area contributed by atoms with Gasteiger partial charge in [-0.2, -0.15) is 0 Å². The number of ether oxygens (including phenoxy) is 1. The molecule has 0 aliphatic carbocycles. The molecule has 7 nitrogen and oxygen atoms in total. The quantitative estimate of drug-likeness (QED) is 0.353. The number of nitrogens with zero attached hydrogens (tertiary/aromatic N) is 3. The maximum absolute atomic E-state index is 13.3. The minimum absolute atomic E-state index is 0.105. The summed E-state index contributed by atoms with van der Waals surface area (Å²) in [6.07, 6.45) is 1.10. The van der Waals surface area contributed by atoms with Crippen molar-refractivity contribution < 1.29 is 17.9 Å². The lowest BCUT2D eigenvalue weighted by atomic mass is 10.2. The lowest BCUT2D eigenvalue weighted by molar-refractivity contribution is -0.118. The van der Waals surface area contributed by atoms with Crippen LogP contribution in [-0.4, -0.2) is 69.4 Å². The molecule has 0 radical (unpaired) electrons. The number of hydrogen-bond donors (Lipinski definition) is 0. The average molecular weight is 557 g/mol. The van der Waals surface area contributed by atoms with Crippen molar-refractivity contribution in [2.45, 2.75) is 24.2 Å². The van der Waals surface area contributed by atoms with Gasteiger partial charge in [0, 0.05) is 37.6 Å². The first-order chi connectivity index (χ1) is 16.8. The monoisotopic (exact) mass is 555 g/mol. The Balaban J connectivity index is 1.43. The zero-order valence-electron chi connectivity index (χ0n) is 19.2. The van der Waals surface area contributed by atoms with E-state index >= 15 is 0 Å². The summed E-state index contributed by atoms with van der Waals surface area (Å²) in [4.78, 5) is 22.1. The van der Waals surface area contributed by atoms with E-state index in [0.717, 1.165) is 44.0 Å². The summed E-state index contributed by atoms with van der Waals surface area (Å²) in [6.45, 7) is 4.56. The number of benzene rings is 2. The van der Waals surface area contributed by atoms with Gasteiger partial charge in [0.05, 0.1) is 33.6 Å². The molecule has 2 heterocycles. The van der Waals surface area contributed by atoms with Crippen molar-refractivity contribution in [3.63, 3.8) is 0 Å². The molecule has 1 aliphatic rings. The summed E-state index contributed by atoms with van der Waals surface area (Å²) in [5.74, 6) is -0.262. The van der Waals surface area contributed by atoms with Crippen LogP contribution in [0.2, 0.25) is 10.0 Å². The normalized spacial score (nSPS) is 14.9. The van der Waals surface area contributed by atoms with Gasteiger partial charge in [-0.3, -0.25) is 14.6 Å². The molecular weight excluding hydrogens is 529 g/mol. The third kappa shape index (κ3) is 6.93. The van der Waals surface area contributed by atoms with E-state index in [4.69, 9.17) is 27.9 Å². The van der Waals surface area contributed by atoms with E-state index in [-0.39, 0.29) is 29.4 Å². The topological polar surface area (TPSA) is 79.8 Å². The molecular formula is C24H27Cl2N3O4S2. The number of carbonyl (C=O) groups excluding carboxylic acids is 1. The fourth-order valence-corrected chi connectivity index (χ4v) is 6.68. The number of aromatic nitrogens is 1. The molecule has 0 unspecified atom stereocenters. The zero-order chi connectivity index (χ0) is 24.8. The van der Waals surface area contributed by atoms with Crippen LogP contribution in [0, 0.1) is 0 Å². The molecule has 0 bridgehead atoms. The highest BCUT2D eigenvalue weighted by atomic mass is 35.5. The second-order valence-corrected chi connectivity index (χ2v) is 12.3. The molecule has 3 aromatic rings. The number of carbonyl (C=O) groups is 1. The van der Waals surface area contributed by atoms with Crippen molar-refractivity contribution in [2.24, 2.45) is 0 Å². The second kappa shape index (κ2) is 12.0. The number of amides is 1. The van der Waals surface area contributed by atoms with Crippen molar-refractivity contribution >= 4 is 65.6 Å². The van der Waals surface area contributed by atoms with E-state index in [1.165, 1.54) is 23.5 Å². The minimum atomic E-state index is -3.50. The van der Waals surface area contributed by atoms with Crippen LogP contribution in [0.4, 0.5) is 5.13 Å². The van der Waals surface area contributed by atoms with Crippen LogP contribution in [-0.2, 0) is 19.4 Å². The van der Waals surface area contributed by atoms with Crippen molar-refractivity contribution in [1.29, 1.82) is 0 Å². The predicted octanol–water partition coefficient (Wildman–Crippen LogP) is 4.91. The summed E-state index contributed by atoms with van der Waals surface area (Å²) in [7, 11) is -3.50. The van der Waals surface area contributed by atoms with E-state index in [9.17, 15) is 13.2 Å². The molecule has 1 fully saturated rings. The first-order valence-corrected chi connectivity index (χ1v) is 14.7. The molecule has 0 spiro atoms. The number of halogens is 2. The molecule has 1 amide bonds. The summed E-state index contributed by atoms with van der Waals surface area (Å²) in [6, 6.07) is 11.6. The summed E-state index contributed by atoms with van der Waals surface area (Å²) in [5, 5.41) is 1.60. The van der Waals surface area contributed by atoms with Gasteiger partial charge in [-0.25, -0.2) is 13.4 Å². The first-order valence-electron chi connectivity index (χ1n) is 11.5. The van der Waals surface area contributed by atoms with Crippen molar-refractivity contribution in [1.82, 2.24) is 9.88 Å². The molecule has 1 aliphatic heterocycles. The maximum Gasteiger partial charge on any atom is 0.228 e. The van der Waals surface area contributed by atoms with Gasteiger partial charge in [-0.05, 0) is 49.2 Å². The van der Waals surface area contributed by atoms with E-state index in [1.54, 1.807) is 23.1 Å². The van der Waals surface area contributed by atoms with Gasteiger partial charge in [-0.15, -0.1) is 0 Å². The summed E-state index contributed by atoms with van der Waals surface area (Å²) >= 11 is 13.6. The van der Waals surface area contributed by atoms with Crippen molar-refractivity contribution in [3.8, 4) is 0 Å². The maximum atomic E-state index is 13.3. The van der Waals surface area contributed by atoms with E-state index in [0.29, 0.717) is 27.2 Å². The van der Waals surface area contributed by atoms with Gasteiger partial charge in [0.15, 0.2) is 15.0 Å². The smallest absolute Gasteiger partial charge is 0.228 e. The predicted molar refractivity (Wildman–Crippen MR) is 142 cm³/mol. The third-order valence-corrected chi connectivity index (χ3v) is 9.24. The Kier molecular flexibility index (Phi) is 9.02. The fourth-order valence-electron chi connectivity index (χ4n) is 3.93. The third-order valence-electron chi connectivity index (χ3n) is 5.83. The molecule has 0 N–H and O–H groups in total. The van der Waals surface area contributed by atoms with Crippen molar-refractivity contribution in [3.05, 3.63) is 52.5 Å². The zero-order valence-corrected chi connectivity index (χ0v) is 22.3. The number of sulfone groups is 1. The Morgan fingerprint density at radius 3 is 2.54 bits per heavy atom. The molecule has 4 rings (SSSR count). The summed E-state index contributed by atoms with van der Waals surface area (Å²) in [5.41, 5.74) is 0.672. The van der Waals surface area contributed by atoms with Crippen LogP contribution in [0.5, 0.6) is 0 Å². The number of para-hydroxylation sites is 1. The fraction of sp³-hybridized carbons (Fsp3) is 0.417. The Hall–Kier alpha value is -1.75. The van der Waals surface area contributed by atoms with Gasteiger partial charge in [0.1, 0.15) is 5.52 Å². The molecule has 35 heavy (non-hydrogen) atoms. The van der Waals surface area contributed by atoms with E-state index in [2.05, 4.69) is 9.88 Å². The average Bonchev–Trinajstić information content (AvgIpc) is 3.28. The van der Waals surface area contributed by atoms with Gasteiger partial charge in [0.25, 0.3) is 0 Å². The SMILES string of the molecule is O=C(CCCS(=O)(=O)c1ccc(Cl)cc1)N(CCCN1CCOCC1)c1nc2c(Cl)cccc2s1. The minimum Gasteiger partial charge on any atom is -0.379 e. The highest BCUT2D eigenvalue weighted by Crippen LogP contribution is 2.33. The Morgan fingerprint density at radius 2 is 1.83 bits per heavy atom. The highest BCUT2D eigenvalue weighted by Gasteiger charge is 2.22. The largest absolute Gasteiger partial charge is 0.379 e. The molecule has 2 aromatic carbocycles.